The highest BCUT2D eigenvalue weighted by atomic mass is 35.5. The van der Waals surface area contributed by atoms with Gasteiger partial charge in [-0.25, -0.2) is 18.4 Å². The molecular formula is C46H50ClN7O5S2. The highest BCUT2D eigenvalue weighted by molar-refractivity contribution is 7.99. The quantitative estimate of drug-likeness (QED) is 0.0556. The van der Waals surface area contributed by atoms with Crippen LogP contribution in [0.4, 0.5) is 17.2 Å². The molecule has 2 aliphatic heterocycles. The van der Waals surface area contributed by atoms with E-state index >= 15 is 0 Å². The van der Waals surface area contributed by atoms with Crippen LogP contribution in [-0.4, -0.2) is 97.4 Å². The number of benzene rings is 4. The van der Waals surface area contributed by atoms with E-state index in [9.17, 15) is 18.5 Å². The molecule has 1 aromatic heterocycles. The van der Waals surface area contributed by atoms with Gasteiger partial charge in [-0.2, -0.15) is 0 Å². The first-order chi connectivity index (χ1) is 29.7. The molecule has 4 aromatic carbocycles. The van der Waals surface area contributed by atoms with Crippen molar-refractivity contribution in [1.29, 1.82) is 0 Å². The molecule has 15 heteroatoms. The second-order valence-corrected chi connectivity index (χ2v) is 18.9. The molecule has 2 N–H and O–H groups in total. The second-order valence-electron chi connectivity index (χ2n) is 15.7. The van der Waals surface area contributed by atoms with Gasteiger partial charge in [0.25, 0.3) is 15.7 Å². The molecule has 61 heavy (non-hydrogen) atoms. The lowest BCUT2D eigenvalue weighted by molar-refractivity contribution is -0.384. The summed E-state index contributed by atoms with van der Waals surface area (Å²) in [6, 6.07) is 27.9. The molecule has 3 aliphatic rings. The first-order valence-electron chi connectivity index (χ1n) is 20.9. The number of rotatable bonds is 16. The summed E-state index contributed by atoms with van der Waals surface area (Å²) in [4.78, 5) is 26.3. The van der Waals surface area contributed by atoms with Crippen molar-refractivity contribution in [2.75, 3.05) is 68.3 Å². The smallest absolute Gasteiger partial charge is 0.293 e. The summed E-state index contributed by atoms with van der Waals surface area (Å²) in [5, 5.41) is 17.1. The number of nitro groups is 1. The molecule has 0 amide bonds. The lowest BCUT2D eigenvalue weighted by atomic mass is 9.87. The third-order valence-electron chi connectivity index (χ3n) is 11.6. The number of morpholine rings is 1. The Morgan fingerprint density at radius 3 is 2.44 bits per heavy atom. The molecule has 0 spiro atoms. The van der Waals surface area contributed by atoms with Crippen LogP contribution in [0, 0.1) is 10.1 Å². The number of fused-ring (bicyclic) bond motifs is 1. The summed E-state index contributed by atoms with van der Waals surface area (Å²) >= 11 is 7.85. The topological polar surface area (TPSA) is 143 Å². The van der Waals surface area contributed by atoms with E-state index in [2.05, 4.69) is 48.0 Å². The van der Waals surface area contributed by atoms with Crippen molar-refractivity contribution in [3.63, 3.8) is 0 Å². The predicted octanol–water partition coefficient (Wildman–Crippen LogP) is 9.40. The average molecular weight is 881 g/mol. The lowest BCUT2D eigenvalue weighted by Gasteiger charge is -2.30. The Bertz CT molecular complexity index is 2520. The Balaban J connectivity index is 0.952. The maximum atomic E-state index is 13.8. The highest BCUT2D eigenvalue weighted by Gasteiger charge is 2.26. The third kappa shape index (κ3) is 11.0. The standard InChI is InChI=1S/C46H50ClN7O5S2/c47-37-13-10-34(11-14-37)41-9-5-4-6-36(41)30-53-21-18-33(19-22-53)35-12-16-42-44(28-35)48-32-49-46(42)51-61(57,58)40-15-17-43(45(29-40)54(55)56)50-38(20-23-52-24-26-59-27-25-52)31-60-39-7-2-1-3-8-39/h1-3,7-8,10-18,28-29,32,38,50H,4-6,9,19-27,30-31H2,(H,48,49,51)/t38-/m1/s1. The van der Waals surface area contributed by atoms with Crippen LogP contribution in [0.2, 0.25) is 5.02 Å². The van der Waals surface area contributed by atoms with Crippen molar-refractivity contribution in [3.8, 4) is 0 Å². The third-order valence-corrected chi connectivity index (χ3v) is 14.4. The van der Waals surface area contributed by atoms with Gasteiger partial charge in [-0.05, 0) is 109 Å². The molecular weight excluding hydrogens is 830 g/mol. The molecule has 0 saturated carbocycles. The molecule has 3 heterocycles. The summed E-state index contributed by atoms with van der Waals surface area (Å²) in [5.41, 5.74) is 7.03. The number of ether oxygens (including phenoxy) is 1. The molecule has 1 atom stereocenters. The van der Waals surface area contributed by atoms with E-state index < -0.39 is 14.9 Å². The number of halogens is 1. The van der Waals surface area contributed by atoms with Crippen LogP contribution < -0.4 is 10.0 Å². The van der Waals surface area contributed by atoms with E-state index in [0.29, 0.717) is 29.9 Å². The van der Waals surface area contributed by atoms with E-state index in [1.54, 1.807) is 11.8 Å². The van der Waals surface area contributed by atoms with Crippen molar-refractivity contribution in [2.24, 2.45) is 0 Å². The second kappa shape index (κ2) is 19.9. The molecule has 0 unspecified atom stereocenters. The molecule has 1 aliphatic carbocycles. The Kier molecular flexibility index (Phi) is 14.0. The summed E-state index contributed by atoms with van der Waals surface area (Å²) < 4.78 is 35.8. The van der Waals surface area contributed by atoms with Crippen LogP contribution in [0.1, 0.15) is 49.7 Å². The van der Waals surface area contributed by atoms with Crippen LogP contribution >= 0.6 is 23.4 Å². The molecule has 1 saturated heterocycles. The molecule has 0 bridgehead atoms. The maximum Gasteiger partial charge on any atom is 0.293 e. The number of hydrogen-bond acceptors (Lipinski definition) is 11. The number of nitrogens with one attached hydrogen (secondary N) is 2. The fraction of sp³-hybridized carbons (Fsp3) is 0.348. The normalized spacial score (nSPS) is 17.2. The van der Waals surface area contributed by atoms with Crippen molar-refractivity contribution in [1.82, 2.24) is 19.8 Å². The van der Waals surface area contributed by atoms with E-state index in [-0.39, 0.29) is 28.1 Å². The summed E-state index contributed by atoms with van der Waals surface area (Å²) in [7, 11) is -4.27. The summed E-state index contributed by atoms with van der Waals surface area (Å²) in [6.07, 6.45) is 9.86. The Morgan fingerprint density at radius 2 is 1.67 bits per heavy atom. The maximum absolute atomic E-state index is 13.8. The molecule has 1 fully saturated rings. The van der Waals surface area contributed by atoms with Gasteiger partial charge in [-0.1, -0.05) is 59.6 Å². The van der Waals surface area contributed by atoms with Crippen LogP contribution in [0.15, 0.2) is 119 Å². The predicted molar refractivity (Wildman–Crippen MR) is 246 cm³/mol. The molecule has 12 nitrogen and oxygen atoms in total. The number of thioether (sulfide) groups is 1. The van der Waals surface area contributed by atoms with Crippen LogP contribution in [-0.2, 0) is 14.8 Å². The van der Waals surface area contributed by atoms with Crippen molar-refractivity contribution in [2.45, 2.75) is 54.4 Å². The number of nitrogens with zero attached hydrogens (tertiary/aromatic N) is 5. The lowest BCUT2D eigenvalue weighted by Crippen LogP contribution is -2.39. The van der Waals surface area contributed by atoms with Gasteiger partial charge >= 0.3 is 0 Å². The summed E-state index contributed by atoms with van der Waals surface area (Å²) in [6.45, 7) is 6.56. The first-order valence-corrected chi connectivity index (χ1v) is 23.7. The monoisotopic (exact) mass is 879 g/mol. The average Bonchev–Trinajstić information content (AvgIpc) is 3.28. The van der Waals surface area contributed by atoms with Crippen LogP contribution in [0.3, 0.4) is 0 Å². The van der Waals surface area contributed by atoms with Crippen molar-refractivity contribution >= 4 is 72.6 Å². The zero-order valence-corrected chi connectivity index (χ0v) is 36.4. The van der Waals surface area contributed by atoms with E-state index in [0.717, 1.165) is 86.5 Å². The Labute approximate surface area is 366 Å². The van der Waals surface area contributed by atoms with Gasteiger partial charge in [-0.15, -0.1) is 11.8 Å². The first kappa shape index (κ1) is 42.8. The summed E-state index contributed by atoms with van der Waals surface area (Å²) in [5.74, 6) is 0.764. The van der Waals surface area contributed by atoms with Gasteiger partial charge in [0.05, 0.1) is 28.5 Å². The van der Waals surface area contributed by atoms with Gasteiger partial charge in [0, 0.05) is 72.4 Å². The van der Waals surface area contributed by atoms with Crippen molar-refractivity contribution in [3.05, 3.63) is 135 Å². The zero-order valence-electron chi connectivity index (χ0n) is 34.0. The minimum absolute atomic E-state index is 0.101. The number of nitro benzene ring substituents is 1. The minimum Gasteiger partial charge on any atom is -0.379 e. The molecule has 318 valence electrons. The largest absolute Gasteiger partial charge is 0.379 e. The molecule has 0 radical (unpaired) electrons. The number of aromatic nitrogens is 2. The van der Waals surface area contributed by atoms with Gasteiger partial charge in [0.15, 0.2) is 5.82 Å². The van der Waals surface area contributed by atoms with E-state index in [4.69, 9.17) is 16.3 Å². The Hall–Kier alpha value is -4.83. The Morgan fingerprint density at radius 1 is 0.885 bits per heavy atom. The number of allylic oxidation sites excluding steroid dienone is 1. The molecule has 8 rings (SSSR count). The fourth-order valence-corrected chi connectivity index (χ4v) is 10.5. The van der Waals surface area contributed by atoms with Gasteiger partial charge < -0.3 is 10.1 Å². The number of sulfonamides is 1. The van der Waals surface area contributed by atoms with Gasteiger partial charge in [0.2, 0.25) is 0 Å². The van der Waals surface area contributed by atoms with Crippen LogP contribution in [0.25, 0.3) is 22.0 Å². The zero-order chi connectivity index (χ0) is 42.2. The minimum atomic E-state index is -4.27. The highest BCUT2D eigenvalue weighted by Crippen LogP contribution is 2.36. The number of hydrogen-bond donors (Lipinski definition) is 2. The van der Waals surface area contributed by atoms with E-state index in [1.165, 1.54) is 53.6 Å². The SMILES string of the molecule is O=[N+]([O-])c1cc(S(=O)(=O)Nc2ncnc3cc(C4=CCN(CC5=C(c6ccc(Cl)cc6)CCCC5)CC4)ccc23)ccc1N[C@H](CCN1CCOCC1)CSc1ccccc1. The van der Waals surface area contributed by atoms with Crippen LogP contribution in [0.5, 0.6) is 0 Å². The number of anilines is 2. The van der Waals surface area contributed by atoms with Crippen molar-refractivity contribution < 1.29 is 18.1 Å². The fourth-order valence-electron chi connectivity index (χ4n) is 8.30. The van der Waals surface area contributed by atoms with Gasteiger partial charge in [-0.3, -0.25) is 24.6 Å². The van der Waals surface area contributed by atoms with E-state index in [1.807, 2.05) is 60.7 Å². The molecule has 5 aromatic rings. The van der Waals surface area contributed by atoms with Gasteiger partial charge in [0.1, 0.15) is 12.0 Å².